The van der Waals surface area contributed by atoms with Crippen LogP contribution in [0.5, 0.6) is 5.75 Å². The number of hydrogen-bond donors (Lipinski definition) is 2. The molecule has 0 saturated carbocycles. The number of rotatable bonds is 6. The molecule has 110 valence electrons. The molecule has 0 amide bonds. The second kappa shape index (κ2) is 6.74. The molecule has 0 aliphatic carbocycles. The van der Waals surface area contributed by atoms with Gasteiger partial charge in [0, 0.05) is 17.1 Å². The lowest BCUT2D eigenvalue weighted by Crippen LogP contribution is -2.32. The third-order valence-electron chi connectivity index (χ3n) is 3.37. The summed E-state index contributed by atoms with van der Waals surface area (Å²) in [5.41, 5.74) is 6.78. The number of aliphatic carboxylic acids is 1. The number of hydrogen-bond acceptors (Lipinski definition) is 5. The Bertz CT molecular complexity index is 475. The molecule has 0 aromatic heterocycles. The number of methoxy groups -OCH3 is 1. The molecule has 1 atom stereocenters. The second-order valence-corrected chi connectivity index (χ2v) is 7.68. The summed E-state index contributed by atoms with van der Waals surface area (Å²) >= 11 is 3.72. The summed E-state index contributed by atoms with van der Waals surface area (Å²) in [6.07, 6.45) is 1.20. The van der Waals surface area contributed by atoms with Gasteiger partial charge in [-0.3, -0.25) is 4.79 Å². The summed E-state index contributed by atoms with van der Waals surface area (Å²) < 4.78 is 5.32. The van der Waals surface area contributed by atoms with Gasteiger partial charge in [-0.15, -0.1) is 23.5 Å². The smallest absolute Gasteiger partial charge is 0.320 e. The molecule has 20 heavy (non-hydrogen) atoms. The van der Waals surface area contributed by atoms with Crippen LogP contribution >= 0.6 is 23.5 Å². The van der Waals surface area contributed by atoms with Crippen LogP contribution in [0.25, 0.3) is 0 Å². The topological polar surface area (TPSA) is 72.5 Å². The van der Waals surface area contributed by atoms with Crippen LogP contribution < -0.4 is 10.5 Å². The van der Waals surface area contributed by atoms with E-state index >= 15 is 0 Å². The van der Waals surface area contributed by atoms with Crippen molar-refractivity contribution in [3.63, 3.8) is 0 Å². The largest absolute Gasteiger partial charge is 0.496 e. The van der Waals surface area contributed by atoms with Crippen LogP contribution in [0.3, 0.4) is 0 Å². The summed E-state index contributed by atoms with van der Waals surface area (Å²) in [4.78, 5) is 10.9. The van der Waals surface area contributed by atoms with E-state index in [0.29, 0.717) is 6.42 Å². The Labute approximate surface area is 127 Å². The number of carbonyl (C=O) groups is 1. The third kappa shape index (κ3) is 3.24. The van der Waals surface area contributed by atoms with E-state index < -0.39 is 12.0 Å². The average molecular weight is 313 g/mol. The Morgan fingerprint density at radius 1 is 1.45 bits per heavy atom. The lowest BCUT2D eigenvalue weighted by molar-refractivity contribution is -0.138. The van der Waals surface area contributed by atoms with Crippen molar-refractivity contribution >= 4 is 29.5 Å². The maximum atomic E-state index is 10.9. The zero-order chi connectivity index (χ0) is 14.6. The summed E-state index contributed by atoms with van der Waals surface area (Å²) in [6, 6.07) is 7.16. The highest BCUT2D eigenvalue weighted by molar-refractivity contribution is 8.20. The Morgan fingerprint density at radius 2 is 2.10 bits per heavy atom. The number of carboxylic acid groups (broad SMARTS) is 1. The molecule has 1 aliphatic heterocycles. The molecule has 0 bridgehead atoms. The summed E-state index contributed by atoms with van der Waals surface area (Å²) in [5, 5.41) is 8.95. The molecule has 4 nitrogen and oxygen atoms in total. The quantitative estimate of drug-likeness (QED) is 0.841. The zero-order valence-corrected chi connectivity index (χ0v) is 13.0. The number of para-hydroxylation sites is 1. The minimum atomic E-state index is -0.937. The van der Waals surface area contributed by atoms with Gasteiger partial charge in [0.05, 0.1) is 11.2 Å². The Balaban J connectivity index is 2.23. The van der Waals surface area contributed by atoms with Crippen molar-refractivity contribution in [1.82, 2.24) is 0 Å². The molecular weight excluding hydrogens is 294 g/mol. The zero-order valence-electron chi connectivity index (χ0n) is 11.4. The monoisotopic (exact) mass is 313 g/mol. The van der Waals surface area contributed by atoms with Crippen molar-refractivity contribution in [1.29, 1.82) is 0 Å². The Morgan fingerprint density at radius 3 is 2.70 bits per heavy atom. The fourth-order valence-corrected chi connectivity index (χ4v) is 5.65. The van der Waals surface area contributed by atoms with Gasteiger partial charge in [-0.2, -0.15) is 0 Å². The third-order valence-corrected chi connectivity index (χ3v) is 6.94. The molecule has 1 saturated heterocycles. The van der Waals surface area contributed by atoms with Crippen molar-refractivity contribution in [2.24, 2.45) is 5.73 Å². The number of ether oxygens (including phenoxy) is 1. The predicted molar refractivity (Wildman–Crippen MR) is 84.4 cm³/mol. The van der Waals surface area contributed by atoms with Gasteiger partial charge in [0.2, 0.25) is 0 Å². The number of thioether (sulfide) groups is 2. The first-order valence-corrected chi connectivity index (χ1v) is 8.46. The van der Waals surface area contributed by atoms with Crippen molar-refractivity contribution in [2.75, 3.05) is 18.6 Å². The molecule has 6 heteroatoms. The predicted octanol–water partition coefficient (Wildman–Crippen LogP) is 2.52. The molecule has 1 heterocycles. The van der Waals surface area contributed by atoms with Crippen LogP contribution in [0.15, 0.2) is 24.3 Å². The van der Waals surface area contributed by atoms with Crippen molar-refractivity contribution in [3.8, 4) is 5.75 Å². The van der Waals surface area contributed by atoms with E-state index in [9.17, 15) is 4.79 Å². The first-order valence-electron chi connectivity index (χ1n) is 6.49. The minimum absolute atomic E-state index is 0.139. The molecule has 1 aromatic carbocycles. The molecule has 1 aliphatic rings. The molecule has 2 rings (SSSR count). The number of benzene rings is 1. The highest BCUT2D eigenvalue weighted by Crippen LogP contribution is 2.57. The molecule has 0 radical (unpaired) electrons. The van der Waals surface area contributed by atoms with Crippen LogP contribution in [0, 0.1) is 0 Å². The molecule has 1 aromatic rings. The molecular formula is C14H19NO3S2. The molecule has 1 fully saturated rings. The first kappa shape index (κ1) is 15.5. The van der Waals surface area contributed by atoms with Gasteiger partial charge in [-0.25, -0.2) is 0 Å². The lowest BCUT2D eigenvalue weighted by atomic mass is 10.0. The van der Waals surface area contributed by atoms with Gasteiger partial charge in [0.25, 0.3) is 0 Å². The first-order chi connectivity index (χ1) is 9.59. The molecule has 0 spiro atoms. The maximum absolute atomic E-state index is 10.9. The maximum Gasteiger partial charge on any atom is 0.320 e. The summed E-state index contributed by atoms with van der Waals surface area (Å²) in [5.74, 6) is 2.04. The highest BCUT2D eigenvalue weighted by Gasteiger charge is 2.39. The van der Waals surface area contributed by atoms with E-state index in [-0.39, 0.29) is 4.08 Å². The van der Waals surface area contributed by atoms with Gasteiger partial charge in [0.15, 0.2) is 0 Å². The van der Waals surface area contributed by atoms with E-state index in [0.717, 1.165) is 29.2 Å². The number of carboxylic acids is 1. The van der Waals surface area contributed by atoms with Crippen LogP contribution in [-0.4, -0.2) is 35.7 Å². The second-order valence-electron chi connectivity index (χ2n) is 4.63. The van der Waals surface area contributed by atoms with Crippen LogP contribution in [0.2, 0.25) is 0 Å². The van der Waals surface area contributed by atoms with Crippen LogP contribution in [0.4, 0.5) is 0 Å². The SMILES string of the molecule is COc1ccccc1C1(CC[C@H](N)C(=O)O)SCCS1. The van der Waals surface area contributed by atoms with E-state index in [1.807, 2.05) is 41.7 Å². The van der Waals surface area contributed by atoms with Crippen molar-refractivity contribution < 1.29 is 14.6 Å². The van der Waals surface area contributed by atoms with Gasteiger partial charge in [-0.1, -0.05) is 18.2 Å². The van der Waals surface area contributed by atoms with Gasteiger partial charge in [-0.05, 0) is 18.9 Å². The summed E-state index contributed by atoms with van der Waals surface area (Å²) in [7, 11) is 1.67. The average Bonchev–Trinajstić information content (AvgIpc) is 2.94. The van der Waals surface area contributed by atoms with Crippen LogP contribution in [-0.2, 0) is 8.87 Å². The Kier molecular flexibility index (Phi) is 5.23. The standard InChI is InChI=1S/C14H19NO3S2/c1-18-12-5-3-2-4-10(12)14(19-8-9-20-14)7-6-11(15)13(16)17/h2-5,11H,6-9,15H2,1H3,(H,16,17)/t11-/m0/s1. The van der Waals surface area contributed by atoms with Crippen LogP contribution in [0.1, 0.15) is 18.4 Å². The van der Waals surface area contributed by atoms with E-state index in [2.05, 4.69) is 6.07 Å². The molecule has 3 N–H and O–H groups in total. The Hall–Kier alpha value is -0.850. The van der Waals surface area contributed by atoms with Crippen molar-refractivity contribution in [2.45, 2.75) is 23.0 Å². The van der Waals surface area contributed by atoms with Gasteiger partial charge >= 0.3 is 5.97 Å². The molecule has 0 unspecified atom stereocenters. The van der Waals surface area contributed by atoms with Crippen molar-refractivity contribution in [3.05, 3.63) is 29.8 Å². The fraction of sp³-hybridized carbons (Fsp3) is 0.500. The highest BCUT2D eigenvalue weighted by atomic mass is 32.2. The minimum Gasteiger partial charge on any atom is -0.496 e. The fourth-order valence-electron chi connectivity index (χ4n) is 2.32. The van der Waals surface area contributed by atoms with E-state index in [1.54, 1.807) is 7.11 Å². The number of nitrogens with two attached hydrogens (primary N) is 1. The summed E-state index contributed by atoms with van der Waals surface area (Å²) in [6.45, 7) is 0. The van der Waals surface area contributed by atoms with Gasteiger partial charge in [0.1, 0.15) is 11.8 Å². The van der Waals surface area contributed by atoms with E-state index in [1.165, 1.54) is 0 Å². The van der Waals surface area contributed by atoms with Gasteiger partial charge < -0.3 is 15.6 Å². The van der Waals surface area contributed by atoms with E-state index in [4.69, 9.17) is 15.6 Å². The lowest BCUT2D eigenvalue weighted by Gasteiger charge is -2.30. The normalized spacial score (nSPS) is 18.7.